The SMILES string of the molecule is O=CN1C[CH]SCC1. The molecule has 0 spiro atoms. The van der Waals surface area contributed by atoms with Gasteiger partial charge >= 0.3 is 0 Å². The third-order valence-corrected chi connectivity index (χ3v) is 1.88. The third kappa shape index (κ3) is 1.40. The number of thioether (sulfide) groups is 1. The standard InChI is InChI=1S/C5H8NOS/c7-5-6-1-3-8-4-2-6/h3,5H,1-2,4H2. The van der Waals surface area contributed by atoms with Crippen molar-refractivity contribution >= 4 is 18.2 Å². The van der Waals surface area contributed by atoms with Crippen LogP contribution in [0.2, 0.25) is 0 Å². The lowest BCUT2D eigenvalue weighted by atomic mass is 10.5. The maximum Gasteiger partial charge on any atom is 0.209 e. The van der Waals surface area contributed by atoms with Crippen LogP contribution in [0.1, 0.15) is 0 Å². The zero-order valence-electron chi connectivity index (χ0n) is 4.54. The molecule has 0 bridgehead atoms. The van der Waals surface area contributed by atoms with E-state index in [1.165, 1.54) is 0 Å². The smallest absolute Gasteiger partial charge is 0.209 e. The zero-order valence-corrected chi connectivity index (χ0v) is 5.36. The molecule has 8 heavy (non-hydrogen) atoms. The van der Waals surface area contributed by atoms with Crippen molar-refractivity contribution < 1.29 is 4.79 Å². The summed E-state index contributed by atoms with van der Waals surface area (Å²) in [5.41, 5.74) is 0. The van der Waals surface area contributed by atoms with Crippen molar-refractivity contribution in [2.45, 2.75) is 0 Å². The Balaban J connectivity index is 2.22. The molecule has 1 radical (unpaired) electrons. The van der Waals surface area contributed by atoms with Gasteiger partial charge in [0.2, 0.25) is 6.41 Å². The van der Waals surface area contributed by atoms with E-state index < -0.39 is 0 Å². The summed E-state index contributed by atoms with van der Waals surface area (Å²) in [4.78, 5) is 11.8. The number of amides is 1. The first-order chi connectivity index (χ1) is 3.93. The second kappa shape index (κ2) is 2.97. The molecule has 0 aliphatic carbocycles. The summed E-state index contributed by atoms with van der Waals surface area (Å²) in [5.74, 6) is 3.11. The van der Waals surface area contributed by atoms with E-state index in [-0.39, 0.29) is 0 Å². The second-order valence-corrected chi connectivity index (χ2v) is 2.71. The van der Waals surface area contributed by atoms with E-state index >= 15 is 0 Å². The molecule has 0 N–H and O–H groups in total. The largest absolute Gasteiger partial charge is 0.343 e. The summed E-state index contributed by atoms with van der Waals surface area (Å²) >= 11 is 1.79. The fraction of sp³-hybridized carbons (Fsp3) is 0.600. The molecule has 0 aromatic heterocycles. The Kier molecular flexibility index (Phi) is 2.21. The lowest BCUT2D eigenvalue weighted by molar-refractivity contribution is -0.117. The molecule has 0 aromatic carbocycles. The molecule has 0 aromatic rings. The molecule has 2 nitrogen and oxygen atoms in total. The Morgan fingerprint density at radius 3 is 3.00 bits per heavy atom. The average molecular weight is 130 g/mol. The Morgan fingerprint density at radius 2 is 2.62 bits per heavy atom. The summed E-state index contributed by atoms with van der Waals surface area (Å²) < 4.78 is 0. The van der Waals surface area contributed by atoms with Gasteiger partial charge in [0.05, 0.1) is 0 Å². The van der Waals surface area contributed by atoms with Gasteiger partial charge < -0.3 is 4.90 Å². The Bertz CT molecular complexity index is 80.5. The summed E-state index contributed by atoms with van der Waals surface area (Å²) in [6, 6.07) is 0. The van der Waals surface area contributed by atoms with Crippen LogP contribution in [-0.2, 0) is 4.79 Å². The average Bonchev–Trinajstić information content (AvgIpc) is 1.90. The molecule has 0 saturated carbocycles. The molecule has 1 aliphatic heterocycles. The summed E-state index contributed by atoms with van der Waals surface area (Å²) in [6.45, 7) is 1.72. The van der Waals surface area contributed by atoms with Crippen LogP contribution in [0, 0.1) is 5.75 Å². The van der Waals surface area contributed by atoms with Crippen LogP contribution in [0.25, 0.3) is 0 Å². The lowest BCUT2D eigenvalue weighted by Gasteiger charge is -2.20. The zero-order chi connectivity index (χ0) is 5.82. The lowest BCUT2D eigenvalue weighted by Crippen LogP contribution is -2.28. The molecule has 1 fully saturated rings. The van der Waals surface area contributed by atoms with Crippen LogP contribution in [0.5, 0.6) is 0 Å². The number of rotatable bonds is 1. The van der Waals surface area contributed by atoms with Crippen LogP contribution >= 0.6 is 11.8 Å². The van der Waals surface area contributed by atoms with Gasteiger partial charge in [-0.1, -0.05) is 0 Å². The highest BCUT2D eigenvalue weighted by molar-refractivity contribution is 8.01. The topological polar surface area (TPSA) is 20.3 Å². The molecular weight excluding hydrogens is 122 g/mol. The number of carbonyl (C=O) groups is 1. The second-order valence-electron chi connectivity index (χ2n) is 1.64. The van der Waals surface area contributed by atoms with Crippen molar-refractivity contribution in [2.24, 2.45) is 0 Å². The van der Waals surface area contributed by atoms with Gasteiger partial charge in [0, 0.05) is 24.6 Å². The summed E-state index contributed by atoms with van der Waals surface area (Å²) in [5, 5.41) is 0. The molecule has 45 valence electrons. The predicted molar refractivity (Wildman–Crippen MR) is 34.4 cm³/mol. The van der Waals surface area contributed by atoms with Crippen LogP contribution in [0.15, 0.2) is 0 Å². The van der Waals surface area contributed by atoms with Crippen LogP contribution in [-0.4, -0.2) is 30.2 Å². The predicted octanol–water partition coefficient (Wildman–Crippen LogP) is 0.353. The van der Waals surface area contributed by atoms with Gasteiger partial charge in [0.25, 0.3) is 0 Å². The fourth-order valence-electron chi connectivity index (χ4n) is 0.589. The van der Waals surface area contributed by atoms with E-state index in [2.05, 4.69) is 5.75 Å². The molecule has 3 heteroatoms. The Hall–Kier alpha value is -0.180. The first kappa shape index (κ1) is 5.95. The number of nitrogens with zero attached hydrogens (tertiary/aromatic N) is 1. The highest BCUT2D eigenvalue weighted by Gasteiger charge is 2.05. The Labute approximate surface area is 53.2 Å². The summed E-state index contributed by atoms with van der Waals surface area (Å²) in [6.07, 6.45) is 0.899. The first-order valence-electron chi connectivity index (χ1n) is 2.56. The number of hydrogen-bond acceptors (Lipinski definition) is 2. The van der Waals surface area contributed by atoms with Crippen molar-refractivity contribution in [1.82, 2.24) is 4.90 Å². The van der Waals surface area contributed by atoms with Gasteiger partial charge in [-0.2, -0.15) is 11.8 Å². The third-order valence-electron chi connectivity index (χ3n) is 1.07. The quantitative estimate of drug-likeness (QED) is 0.477. The summed E-state index contributed by atoms with van der Waals surface area (Å²) in [7, 11) is 0. The van der Waals surface area contributed by atoms with E-state index in [0.717, 1.165) is 25.3 Å². The van der Waals surface area contributed by atoms with E-state index in [0.29, 0.717) is 0 Å². The molecular formula is C5H8NOS. The van der Waals surface area contributed by atoms with Gasteiger partial charge in [-0.3, -0.25) is 4.79 Å². The molecule has 1 rings (SSSR count). The van der Waals surface area contributed by atoms with Crippen LogP contribution in [0.3, 0.4) is 0 Å². The molecule has 1 saturated heterocycles. The van der Waals surface area contributed by atoms with E-state index in [9.17, 15) is 4.79 Å². The van der Waals surface area contributed by atoms with Crippen LogP contribution in [0.4, 0.5) is 0 Å². The van der Waals surface area contributed by atoms with Crippen molar-refractivity contribution in [3.63, 3.8) is 0 Å². The molecule has 0 unspecified atom stereocenters. The molecule has 1 aliphatic rings. The molecule has 1 heterocycles. The number of carbonyl (C=O) groups excluding carboxylic acids is 1. The Morgan fingerprint density at radius 1 is 1.75 bits per heavy atom. The maximum absolute atomic E-state index is 10.1. The van der Waals surface area contributed by atoms with Gasteiger partial charge in [-0.25, -0.2) is 0 Å². The van der Waals surface area contributed by atoms with Crippen molar-refractivity contribution in [1.29, 1.82) is 0 Å². The maximum atomic E-state index is 10.1. The minimum absolute atomic E-state index is 0.814. The van der Waals surface area contributed by atoms with Crippen molar-refractivity contribution in [2.75, 3.05) is 18.8 Å². The normalized spacial score (nSPS) is 20.8. The van der Waals surface area contributed by atoms with Gasteiger partial charge in [0.15, 0.2) is 0 Å². The molecule has 1 amide bonds. The van der Waals surface area contributed by atoms with Gasteiger partial charge in [-0.15, -0.1) is 0 Å². The highest BCUT2D eigenvalue weighted by Crippen LogP contribution is 2.11. The van der Waals surface area contributed by atoms with Gasteiger partial charge in [-0.05, 0) is 0 Å². The monoisotopic (exact) mass is 130 g/mol. The van der Waals surface area contributed by atoms with Crippen LogP contribution < -0.4 is 0 Å². The minimum atomic E-state index is 0.814. The van der Waals surface area contributed by atoms with E-state index in [1.54, 1.807) is 16.7 Å². The number of hydrogen-bond donors (Lipinski definition) is 0. The first-order valence-corrected chi connectivity index (χ1v) is 3.61. The highest BCUT2D eigenvalue weighted by atomic mass is 32.2. The molecule has 0 atom stereocenters. The van der Waals surface area contributed by atoms with E-state index in [1.807, 2.05) is 0 Å². The van der Waals surface area contributed by atoms with Crippen molar-refractivity contribution in [3.8, 4) is 0 Å². The van der Waals surface area contributed by atoms with E-state index in [4.69, 9.17) is 0 Å². The fourth-order valence-corrected chi connectivity index (χ4v) is 1.39. The van der Waals surface area contributed by atoms with Gasteiger partial charge in [0.1, 0.15) is 0 Å². The minimum Gasteiger partial charge on any atom is -0.343 e. The van der Waals surface area contributed by atoms with Crippen molar-refractivity contribution in [3.05, 3.63) is 5.75 Å².